The Morgan fingerprint density at radius 2 is 1.91 bits per heavy atom. The van der Waals surface area contributed by atoms with Gasteiger partial charge in [-0.15, -0.1) is 6.58 Å². The van der Waals surface area contributed by atoms with Crippen molar-refractivity contribution in [3.05, 3.63) is 60.1 Å². The Hall–Kier alpha value is -3.26. The molecule has 0 saturated carbocycles. The highest BCUT2D eigenvalue weighted by atomic mass is 16.5. The molecule has 2 aromatic heterocycles. The standard InChI is InChI=1S/C27H34N4O/c1-3-5-6-7-8-9-10-11-12-14-21-16-17-22(30-21)19-25-27(32-4-2)23(20-28)26(31-25)24-15-13-18-29-24/h3,13,15-19,29,31H,1,4-12,14H2,2H3/b22-19+. The molecule has 0 fully saturated rings. The molecule has 1 aliphatic heterocycles. The van der Waals surface area contributed by atoms with Gasteiger partial charge in [-0.1, -0.05) is 38.2 Å². The number of unbranched alkanes of at least 4 members (excludes halogenated alkanes) is 7. The van der Waals surface area contributed by atoms with Crippen molar-refractivity contribution in [1.82, 2.24) is 9.97 Å². The van der Waals surface area contributed by atoms with E-state index in [1.165, 1.54) is 44.9 Å². The van der Waals surface area contributed by atoms with Crippen molar-refractivity contribution in [3.63, 3.8) is 0 Å². The van der Waals surface area contributed by atoms with E-state index in [2.05, 4.69) is 28.7 Å². The summed E-state index contributed by atoms with van der Waals surface area (Å²) in [6.45, 7) is 6.19. The number of nitriles is 1. The van der Waals surface area contributed by atoms with E-state index in [4.69, 9.17) is 9.73 Å². The molecule has 1 aliphatic rings. The second-order valence-electron chi connectivity index (χ2n) is 8.05. The fourth-order valence-corrected chi connectivity index (χ4v) is 3.96. The first-order valence-electron chi connectivity index (χ1n) is 11.8. The Morgan fingerprint density at radius 1 is 1.12 bits per heavy atom. The summed E-state index contributed by atoms with van der Waals surface area (Å²) in [6, 6.07) is 6.13. The Bertz CT molecular complexity index is 999. The lowest BCUT2D eigenvalue weighted by molar-refractivity contribution is 0.339. The molecule has 0 bridgehead atoms. The average molecular weight is 431 g/mol. The number of hydrogen-bond acceptors (Lipinski definition) is 3. The van der Waals surface area contributed by atoms with Crippen molar-refractivity contribution in [2.75, 3.05) is 6.61 Å². The monoisotopic (exact) mass is 430 g/mol. The number of nitrogens with zero attached hydrogens (tertiary/aromatic N) is 2. The molecule has 0 aromatic carbocycles. The number of aromatic amines is 2. The smallest absolute Gasteiger partial charge is 0.162 e. The Balaban J connectivity index is 1.58. The van der Waals surface area contributed by atoms with E-state index in [-0.39, 0.29) is 0 Å². The zero-order valence-electron chi connectivity index (χ0n) is 19.1. The van der Waals surface area contributed by atoms with Crippen molar-refractivity contribution in [1.29, 1.82) is 5.26 Å². The fourth-order valence-electron chi connectivity index (χ4n) is 3.96. The van der Waals surface area contributed by atoms with Gasteiger partial charge >= 0.3 is 0 Å². The van der Waals surface area contributed by atoms with Crippen LogP contribution in [-0.2, 0) is 0 Å². The molecule has 0 aliphatic carbocycles. The van der Waals surface area contributed by atoms with Crippen molar-refractivity contribution >= 4 is 11.8 Å². The number of nitrogens with one attached hydrogen (secondary N) is 2. The molecule has 168 valence electrons. The predicted molar refractivity (Wildman–Crippen MR) is 133 cm³/mol. The maximum Gasteiger partial charge on any atom is 0.162 e. The number of aromatic nitrogens is 2. The zero-order valence-corrected chi connectivity index (χ0v) is 19.1. The lowest BCUT2D eigenvalue weighted by atomic mass is 10.1. The van der Waals surface area contributed by atoms with E-state index < -0.39 is 0 Å². The second kappa shape index (κ2) is 12.6. The van der Waals surface area contributed by atoms with Crippen LogP contribution in [0.1, 0.15) is 76.0 Å². The molecule has 0 radical (unpaired) electrons. The van der Waals surface area contributed by atoms with Gasteiger partial charge in [0.25, 0.3) is 0 Å². The number of aliphatic imine (C=N–C) groups is 1. The van der Waals surface area contributed by atoms with Gasteiger partial charge in [-0.3, -0.25) is 4.99 Å². The summed E-state index contributed by atoms with van der Waals surface area (Å²) >= 11 is 0. The van der Waals surface area contributed by atoms with E-state index in [0.29, 0.717) is 17.9 Å². The number of rotatable bonds is 14. The minimum atomic E-state index is 0.492. The summed E-state index contributed by atoms with van der Waals surface area (Å²) in [6.07, 6.45) is 21.1. The first-order chi connectivity index (χ1) is 15.8. The third kappa shape index (κ3) is 6.37. The molecule has 0 amide bonds. The van der Waals surface area contributed by atoms with Crippen LogP contribution in [0, 0.1) is 11.3 Å². The molecule has 3 rings (SSSR count). The van der Waals surface area contributed by atoms with Gasteiger partial charge in [0.05, 0.1) is 29.4 Å². The van der Waals surface area contributed by atoms with Crippen molar-refractivity contribution in [3.8, 4) is 23.2 Å². The van der Waals surface area contributed by atoms with Gasteiger partial charge in [-0.2, -0.15) is 5.26 Å². The molecule has 2 aromatic rings. The highest BCUT2D eigenvalue weighted by Gasteiger charge is 2.20. The van der Waals surface area contributed by atoms with E-state index in [0.717, 1.165) is 41.3 Å². The highest BCUT2D eigenvalue weighted by Crippen LogP contribution is 2.34. The molecule has 0 atom stereocenters. The van der Waals surface area contributed by atoms with Gasteiger partial charge in [0.1, 0.15) is 11.6 Å². The molecule has 32 heavy (non-hydrogen) atoms. The maximum atomic E-state index is 9.72. The van der Waals surface area contributed by atoms with Crippen LogP contribution in [0.2, 0.25) is 0 Å². The lowest BCUT2D eigenvalue weighted by Crippen LogP contribution is -1.94. The molecule has 5 heteroatoms. The van der Waals surface area contributed by atoms with E-state index in [1.807, 2.05) is 43.5 Å². The molecule has 0 unspecified atom stereocenters. The lowest BCUT2D eigenvalue weighted by Gasteiger charge is -2.03. The minimum absolute atomic E-state index is 0.492. The molecule has 5 nitrogen and oxygen atoms in total. The summed E-state index contributed by atoms with van der Waals surface area (Å²) in [5.74, 6) is 0.581. The SMILES string of the molecule is C=CCCCCCCCCCC1=N/C(=C/c2[nH]c(-c3ccc[nH]3)c(C#N)c2OCC)C=C1. The molecule has 0 spiro atoms. The van der Waals surface area contributed by atoms with E-state index >= 15 is 0 Å². The van der Waals surface area contributed by atoms with E-state index in [1.54, 1.807) is 0 Å². The largest absolute Gasteiger partial charge is 0.490 e. The quantitative estimate of drug-likeness (QED) is 0.243. The van der Waals surface area contributed by atoms with Crippen LogP contribution in [0.4, 0.5) is 0 Å². The first kappa shape index (κ1) is 23.4. The Kier molecular flexibility index (Phi) is 9.19. The molecule has 2 N–H and O–H groups in total. The van der Waals surface area contributed by atoms with Crippen LogP contribution in [-0.4, -0.2) is 22.3 Å². The molecular formula is C27H34N4O. The second-order valence-corrected chi connectivity index (χ2v) is 8.05. The van der Waals surface area contributed by atoms with Crippen LogP contribution in [0.25, 0.3) is 17.5 Å². The van der Waals surface area contributed by atoms with E-state index in [9.17, 15) is 5.26 Å². The van der Waals surface area contributed by atoms with Gasteiger partial charge in [-0.05, 0) is 63.0 Å². The summed E-state index contributed by atoms with van der Waals surface area (Å²) in [4.78, 5) is 11.3. The number of ether oxygens (including phenoxy) is 1. The van der Waals surface area contributed by atoms with Gasteiger partial charge in [0, 0.05) is 11.9 Å². The minimum Gasteiger partial charge on any atom is -0.490 e. The van der Waals surface area contributed by atoms with Crippen LogP contribution < -0.4 is 4.74 Å². The van der Waals surface area contributed by atoms with Crippen molar-refractivity contribution < 1.29 is 4.74 Å². The van der Waals surface area contributed by atoms with Crippen molar-refractivity contribution in [2.45, 2.75) is 64.7 Å². The highest BCUT2D eigenvalue weighted by molar-refractivity contribution is 5.99. The first-order valence-corrected chi connectivity index (χ1v) is 11.8. The summed E-state index contributed by atoms with van der Waals surface area (Å²) in [7, 11) is 0. The number of hydrogen-bond donors (Lipinski definition) is 2. The molecule has 0 saturated heterocycles. The van der Waals surface area contributed by atoms with Crippen molar-refractivity contribution in [2.24, 2.45) is 4.99 Å². The normalized spacial score (nSPS) is 14.0. The van der Waals surface area contributed by atoms with Crippen LogP contribution in [0.5, 0.6) is 5.75 Å². The van der Waals surface area contributed by atoms with Crippen LogP contribution in [0.3, 0.4) is 0 Å². The summed E-state index contributed by atoms with van der Waals surface area (Å²) in [5, 5.41) is 9.72. The van der Waals surface area contributed by atoms with Gasteiger partial charge in [-0.25, -0.2) is 0 Å². The maximum absolute atomic E-state index is 9.72. The van der Waals surface area contributed by atoms with Crippen LogP contribution in [0.15, 0.2) is 53.8 Å². The van der Waals surface area contributed by atoms with Gasteiger partial charge in [0.15, 0.2) is 5.75 Å². The summed E-state index contributed by atoms with van der Waals surface area (Å²) < 4.78 is 5.82. The topological polar surface area (TPSA) is 77.0 Å². The Morgan fingerprint density at radius 3 is 2.59 bits per heavy atom. The van der Waals surface area contributed by atoms with Gasteiger partial charge in [0.2, 0.25) is 0 Å². The fraction of sp³-hybridized carbons (Fsp3) is 0.407. The van der Waals surface area contributed by atoms with Crippen LogP contribution >= 0.6 is 0 Å². The third-order valence-electron chi connectivity index (χ3n) is 5.60. The zero-order chi connectivity index (χ0) is 22.6. The van der Waals surface area contributed by atoms with Gasteiger partial charge < -0.3 is 14.7 Å². The number of H-pyrrole nitrogens is 2. The number of allylic oxidation sites excluding steroid dienone is 3. The molecular weight excluding hydrogens is 396 g/mol. The predicted octanol–water partition coefficient (Wildman–Crippen LogP) is 7.33. The third-order valence-corrected chi connectivity index (χ3v) is 5.60. The average Bonchev–Trinajstić information content (AvgIpc) is 3.54. The Labute approximate surface area is 191 Å². The molecule has 3 heterocycles. The summed E-state index contributed by atoms with van der Waals surface area (Å²) in [5.41, 5.74) is 4.89.